The molecule has 318 valence electrons. The summed E-state index contributed by atoms with van der Waals surface area (Å²) < 4.78 is 11.5. The van der Waals surface area contributed by atoms with E-state index >= 15 is 0 Å². The highest BCUT2D eigenvalue weighted by molar-refractivity contribution is 5.93. The fourth-order valence-electron chi connectivity index (χ4n) is 7.37. The number of hydrogen-bond donors (Lipinski definition) is 6. The standard InChI is InChI=1S/C44H63N5O9/c1-5-17-33(39(52)42(55)45-28-36(51)49-38(31-21-12-9-13-22-31)43(56)58-44(2,3)4)46-40(53)34-27-29-18-16-23-32(26-29)57-25-15-7-6-14-24-35(50)48-37(41(54)47-34)30-19-10-8-11-20-30/h9,12-13,16,18,21-23,26,30,33-34,37-39,52H,5-8,10-11,14-15,17,19-20,24-25,27-28H2,1-4H3,(H,45,55)(H,46,53)(H,47,54)(H,48,50)(H,49,51)/t33?,34-,37?,38-,39?/m0/s1. The molecular formula is C44H63N5O9. The number of carbonyl (C=O) groups is 6. The van der Waals surface area contributed by atoms with E-state index in [1.807, 2.05) is 31.2 Å². The molecule has 1 heterocycles. The minimum atomic E-state index is -1.76. The van der Waals surface area contributed by atoms with Crippen LogP contribution in [0.1, 0.15) is 122 Å². The van der Waals surface area contributed by atoms with Crippen molar-refractivity contribution in [1.29, 1.82) is 0 Å². The van der Waals surface area contributed by atoms with Crippen LogP contribution in [-0.4, -0.2) is 83.6 Å². The summed E-state index contributed by atoms with van der Waals surface area (Å²) in [5.41, 5.74) is 0.391. The average Bonchev–Trinajstić information content (AvgIpc) is 3.19. The van der Waals surface area contributed by atoms with Crippen LogP contribution >= 0.6 is 0 Å². The number of aliphatic hydroxyl groups is 1. The number of amides is 5. The molecule has 5 atom stereocenters. The van der Waals surface area contributed by atoms with E-state index in [4.69, 9.17) is 9.47 Å². The first-order valence-electron chi connectivity index (χ1n) is 20.9. The highest BCUT2D eigenvalue weighted by Crippen LogP contribution is 2.27. The van der Waals surface area contributed by atoms with Gasteiger partial charge in [0.15, 0.2) is 12.1 Å². The summed E-state index contributed by atoms with van der Waals surface area (Å²) >= 11 is 0. The zero-order chi connectivity index (χ0) is 42.1. The van der Waals surface area contributed by atoms with Crippen LogP contribution in [-0.2, 0) is 39.9 Å². The third-order valence-corrected chi connectivity index (χ3v) is 10.3. The minimum Gasteiger partial charge on any atom is -0.494 e. The Hall–Kier alpha value is -4.98. The van der Waals surface area contributed by atoms with Gasteiger partial charge in [0, 0.05) is 12.8 Å². The molecule has 2 aromatic carbocycles. The molecule has 2 aromatic rings. The molecule has 1 saturated carbocycles. The second-order valence-corrected chi connectivity index (χ2v) is 16.4. The molecule has 0 radical (unpaired) electrons. The van der Waals surface area contributed by atoms with Crippen LogP contribution in [0.25, 0.3) is 0 Å². The van der Waals surface area contributed by atoms with E-state index in [-0.39, 0.29) is 24.7 Å². The van der Waals surface area contributed by atoms with Crippen LogP contribution in [0.2, 0.25) is 0 Å². The van der Waals surface area contributed by atoms with E-state index in [2.05, 4.69) is 26.6 Å². The lowest BCUT2D eigenvalue weighted by Crippen LogP contribution is -2.59. The molecule has 58 heavy (non-hydrogen) atoms. The maximum Gasteiger partial charge on any atom is 0.333 e. The van der Waals surface area contributed by atoms with Crippen molar-refractivity contribution in [2.24, 2.45) is 5.92 Å². The van der Waals surface area contributed by atoms with Gasteiger partial charge < -0.3 is 41.2 Å². The summed E-state index contributed by atoms with van der Waals surface area (Å²) in [6.45, 7) is 6.89. The summed E-state index contributed by atoms with van der Waals surface area (Å²) in [4.78, 5) is 80.8. The topological polar surface area (TPSA) is 201 Å². The van der Waals surface area contributed by atoms with Crippen LogP contribution in [0.3, 0.4) is 0 Å². The van der Waals surface area contributed by atoms with Crippen molar-refractivity contribution in [1.82, 2.24) is 26.6 Å². The number of benzene rings is 2. The van der Waals surface area contributed by atoms with Gasteiger partial charge in [0.2, 0.25) is 23.6 Å². The second-order valence-electron chi connectivity index (χ2n) is 16.4. The van der Waals surface area contributed by atoms with Crippen molar-refractivity contribution in [2.45, 2.75) is 147 Å². The second kappa shape index (κ2) is 22.8. The molecule has 5 amide bonds. The summed E-state index contributed by atoms with van der Waals surface area (Å²) in [5, 5.41) is 25.0. The van der Waals surface area contributed by atoms with Crippen molar-refractivity contribution in [3.63, 3.8) is 0 Å². The summed E-state index contributed by atoms with van der Waals surface area (Å²) in [6, 6.07) is 11.7. The van der Waals surface area contributed by atoms with Gasteiger partial charge in [-0.3, -0.25) is 24.0 Å². The van der Waals surface area contributed by atoms with Gasteiger partial charge in [-0.1, -0.05) is 87.9 Å². The summed E-state index contributed by atoms with van der Waals surface area (Å²) in [6.07, 6.45) is 7.05. The van der Waals surface area contributed by atoms with Crippen LogP contribution in [0.5, 0.6) is 5.75 Å². The Morgan fingerprint density at radius 1 is 0.897 bits per heavy atom. The monoisotopic (exact) mass is 805 g/mol. The van der Waals surface area contributed by atoms with Crippen LogP contribution in [0.15, 0.2) is 54.6 Å². The molecule has 6 N–H and O–H groups in total. The van der Waals surface area contributed by atoms with Crippen molar-refractivity contribution >= 4 is 35.5 Å². The molecule has 2 bridgehead atoms. The summed E-state index contributed by atoms with van der Waals surface area (Å²) in [5.74, 6) is -3.04. The number of ether oxygens (including phenoxy) is 2. The molecule has 2 aliphatic rings. The molecule has 14 nitrogen and oxygen atoms in total. The van der Waals surface area contributed by atoms with Crippen LogP contribution < -0.4 is 31.3 Å². The van der Waals surface area contributed by atoms with E-state index in [1.165, 1.54) is 0 Å². The lowest BCUT2D eigenvalue weighted by molar-refractivity contribution is -0.158. The Morgan fingerprint density at radius 3 is 2.31 bits per heavy atom. The predicted molar refractivity (Wildman–Crippen MR) is 218 cm³/mol. The first kappa shape index (κ1) is 45.7. The van der Waals surface area contributed by atoms with Crippen molar-refractivity contribution in [3.8, 4) is 5.75 Å². The Bertz CT molecular complexity index is 1670. The highest BCUT2D eigenvalue weighted by Gasteiger charge is 2.36. The maximum absolute atomic E-state index is 14.2. The smallest absolute Gasteiger partial charge is 0.333 e. The van der Waals surface area contributed by atoms with E-state index in [9.17, 15) is 33.9 Å². The maximum atomic E-state index is 14.2. The average molecular weight is 806 g/mol. The molecule has 0 aromatic heterocycles. The quantitative estimate of drug-likeness (QED) is 0.171. The molecule has 3 unspecified atom stereocenters. The van der Waals surface area contributed by atoms with E-state index in [0.717, 1.165) is 56.9 Å². The van der Waals surface area contributed by atoms with Crippen LogP contribution in [0, 0.1) is 5.92 Å². The van der Waals surface area contributed by atoms with Gasteiger partial charge in [-0.2, -0.15) is 0 Å². The first-order valence-corrected chi connectivity index (χ1v) is 20.9. The predicted octanol–water partition coefficient (Wildman–Crippen LogP) is 4.08. The van der Waals surface area contributed by atoms with Gasteiger partial charge in [-0.15, -0.1) is 0 Å². The molecule has 0 spiro atoms. The third-order valence-electron chi connectivity index (χ3n) is 10.3. The fraction of sp³-hybridized carbons (Fsp3) is 0.591. The Kier molecular flexibility index (Phi) is 18.0. The SMILES string of the molecule is CCCC(NC(=O)[C@@H]1Cc2cccc(c2)OCCCCCCC(=O)NC(C2CCCCC2)C(=O)N1)C(O)C(=O)NCC(=O)N[C@H](C(=O)OC(C)(C)C)c1ccccc1. The molecule has 1 aliphatic heterocycles. The van der Waals surface area contributed by atoms with Gasteiger partial charge in [-0.05, 0) is 82.1 Å². The molecule has 0 saturated heterocycles. The van der Waals surface area contributed by atoms with Crippen molar-refractivity contribution in [2.75, 3.05) is 13.2 Å². The molecule has 1 fully saturated rings. The number of hydrogen-bond acceptors (Lipinski definition) is 9. The van der Waals surface area contributed by atoms with E-state index < -0.39 is 72.0 Å². The van der Waals surface area contributed by atoms with Gasteiger partial charge in [0.1, 0.15) is 23.4 Å². The number of fused-ring (bicyclic) bond motifs is 2. The van der Waals surface area contributed by atoms with Gasteiger partial charge in [0.25, 0.3) is 5.91 Å². The van der Waals surface area contributed by atoms with Crippen LogP contribution in [0.4, 0.5) is 0 Å². The summed E-state index contributed by atoms with van der Waals surface area (Å²) in [7, 11) is 0. The largest absolute Gasteiger partial charge is 0.494 e. The lowest BCUT2D eigenvalue weighted by Gasteiger charge is -2.32. The minimum absolute atomic E-state index is 0.0711. The Balaban J connectivity index is 1.49. The number of carbonyl (C=O) groups excluding carboxylic acids is 6. The van der Waals surface area contributed by atoms with Crippen molar-refractivity contribution < 1.29 is 43.3 Å². The normalized spacial score (nSPS) is 20.4. The van der Waals surface area contributed by atoms with Gasteiger partial charge in [-0.25, -0.2) is 4.79 Å². The highest BCUT2D eigenvalue weighted by atomic mass is 16.6. The lowest BCUT2D eigenvalue weighted by atomic mass is 9.83. The zero-order valence-electron chi connectivity index (χ0n) is 34.5. The third kappa shape index (κ3) is 15.1. The number of esters is 1. The van der Waals surface area contributed by atoms with Gasteiger partial charge in [0.05, 0.1) is 19.2 Å². The molecule has 1 aliphatic carbocycles. The number of nitrogens with one attached hydrogen (secondary N) is 5. The first-order chi connectivity index (χ1) is 27.7. The van der Waals surface area contributed by atoms with Gasteiger partial charge >= 0.3 is 5.97 Å². The Morgan fingerprint density at radius 2 is 1.60 bits per heavy atom. The molecule has 4 rings (SSSR count). The molecule has 14 heteroatoms. The number of rotatable bonds is 12. The van der Waals surface area contributed by atoms with Crippen molar-refractivity contribution in [3.05, 3.63) is 65.7 Å². The fourth-order valence-corrected chi connectivity index (χ4v) is 7.37. The molecular weight excluding hydrogens is 743 g/mol. The van der Waals surface area contributed by atoms with E-state index in [0.29, 0.717) is 37.2 Å². The Labute approximate surface area is 342 Å². The number of aliphatic hydroxyl groups excluding tert-OH is 1. The zero-order valence-corrected chi connectivity index (χ0v) is 34.5. The van der Waals surface area contributed by atoms with E-state index in [1.54, 1.807) is 51.1 Å².